The van der Waals surface area contributed by atoms with E-state index in [9.17, 15) is 4.79 Å². The number of carbonyl (C=O) groups is 1. The molecule has 94 valence electrons. The van der Waals surface area contributed by atoms with Gasteiger partial charge in [0.1, 0.15) is 5.75 Å². The molecule has 2 unspecified atom stereocenters. The van der Waals surface area contributed by atoms with E-state index in [1.807, 2.05) is 0 Å². The van der Waals surface area contributed by atoms with E-state index >= 15 is 0 Å². The lowest BCUT2D eigenvalue weighted by Gasteiger charge is -2.28. The molecule has 0 aliphatic heterocycles. The first kappa shape index (κ1) is 12.4. The second kappa shape index (κ2) is 5.54. The Morgan fingerprint density at radius 3 is 3.12 bits per heavy atom. The van der Waals surface area contributed by atoms with Gasteiger partial charge in [-0.15, -0.1) is 11.3 Å². The molecule has 1 aliphatic rings. The zero-order valence-corrected chi connectivity index (χ0v) is 10.8. The highest BCUT2D eigenvalue weighted by atomic mass is 32.1. The van der Waals surface area contributed by atoms with Crippen LogP contribution in [0.15, 0.2) is 11.4 Å². The van der Waals surface area contributed by atoms with Gasteiger partial charge in [0.05, 0.1) is 6.10 Å². The van der Waals surface area contributed by atoms with Crippen molar-refractivity contribution >= 4 is 17.3 Å². The molecule has 1 heterocycles. The first-order chi connectivity index (χ1) is 8.20. The van der Waals surface area contributed by atoms with Gasteiger partial charge in [0.2, 0.25) is 0 Å². The molecular formula is C13H18O3S. The summed E-state index contributed by atoms with van der Waals surface area (Å²) in [5, 5.41) is 10.8. The van der Waals surface area contributed by atoms with Crippen molar-refractivity contribution in [3.63, 3.8) is 0 Å². The lowest BCUT2D eigenvalue weighted by atomic mass is 9.85. The number of thiophene rings is 1. The fourth-order valence-corrected chi connectivity index (χ4v) is 3.11. The Hall–Kier alpha value is -1.03. The van der Waals surface area contributed by atoms with E-state index in [0.29, 0.717) is 10.6 Å². The topological polar surface area (TPSA) is 46.5 Å². The number of aromatic carboxylic acids is 1. The van der Waals surface area contributed by atoms with Crippen LogP contribution in [0.4, 0.5) is 0 Å². The van der Waals surface area contributed by atoms with Gasteiger partial charge in [0, 0.05) is 0 Å². The molecule has 0 saturated heterocycles. The van der Waals surface area contributed by atoms with Gasteiger partial charge in [-0.3, -0.25) is 0 Å². The molecule has 1 saturated carbocycles. The van der Waals surface area contributed by atoms with Crippen LogP contribution in [0, 0.1) is 5.92 Å². The van der Waals surface area contributed by atoms with E-state index in [1.54, 1.807) is 11.4 Å². The van der Waals surface area contributed by atoms with Crippen LogP contribution in [0.25, 0.3) is 0 Å². The summed E-state index contributed by atoms with van der Waals surface area (Å²) in [5.74, 6) is 0.391. The normalized spacial score (nSPS) is 24.5. The molecule has 0 amide bonds. The molecule has 4 heteroatoms. The lowest BCUT2D eigenvalue weighted by molar-refractivity contribution is 0.0689. The van der Waals surface area contributed by atoms with Gasteiger partial charge in [-0.05, 0) is 36.6 Å². The van der Waals surface area contributed by atoms with Crippen LogP contribution in [0.2, 0.25) is 0 Å². The van der Waals surface area contributed by atoms with Crippen LogP contribution in [0.5, 0.6) is 5.75 Å². The molecule has 2 atom stereocenters. The van der Waals surface area contributed by atoms with E-state index in [1.165, 1.54) is 30.6 Å². The quantitative estimate of drug-likeness (QED) is 0.889. The minimum absolute atomic E-state index is 0.196. The Morgan fingerprint density at radius 1 is 1.59 bits per heavy atom. The number of hydrogen-bond donors (Lipinski definition) is 1. The fraction of sp³-hybridized carbons (Fsp3) is 0.615. The zero-order valence-electron chi connectivity index (χ0n) is 10.0. The van der Waals surface area contributed by atoms with Crippen LogP contribution < -0.4 is 4.74 Å². The van der Waals surface area contributed by atoms with Crippen molar-refractivity contribution in [1.29, 1.82) is 0 Å². The van der Waals surface area contributed by atoms with Gasteiger partial charge < -0.3 is 9.84 Å². The Bertz CT molecular complexity index is 386. The Balaban J connectivity index is 2.00. The van der Waals surface area contributed by atoms with Crippen LogP contribution in [-0.4, -0.2) is 17.2 Å². The summed E-state index contributed by atoms with van der Waals surface area (Å²) >= 11 is 1.23. The van der Waals surface area contributed by atoms with Crippen LogP contribution in [0.1, 0.15) is 48.7 Å². The van der Waals surface area contributed by atoms with Gasteiger partial charge in [-0.1, -0.05) is 19.8 Å². The van der Waals surface area contributed by atoms with Crippen molar-refractivity contribution in [2.45, 2.75) is 45.1 Å². The van der Waals surface area contributed by atoms with E-state index in [4.69, 9.17) is 9.84 Å². The highest BCUT2D eigenvalue weighted by Crippen LogP contribution is 2.32. The number of hydrogen-bond acceptors (Lipinski definition) is 3. The second-order valence-electron chi connectivity index (χ2n) is 4.60. The molecule has 1 aromatic rings. The van der Waals surface area contributed by atoms with Crippen molar-refractivity contribution in [3.05, 3.63) is 16.3 Å². The second-order valence-corrected chi connectivity index (χ2v) is 5.52. The van der Waals surface area contributed by atoms with Crippen molar-refractivity contribution in [2.75, 3.05) is 0 Å². The Kier molecular flexibility index (Phi) is 4.05. The Labute approximate surface area is 105 Å². The average Bonchev–Trinajstić information content (AvgIpc) is 2.77. The minimum Gasteiger partial charge on any atom is -0.489 e. The predicted molar refractivity (Wildman–Crippen MR) is 67.9 cm³/mol. The van der Waals surface area contributed by atoms with Crippen molar-refractivity contribution in [2.24, 2.45) is 5.92 Å². The van der Waals surface area contributed by atoms with Crippen molar-refractivity contribution < 1.29 is 14.6 Å². The third kappa shape index (κ3) is 3.00. The summed E-state index contributed by atoms with van der Waals surface area (Å²) in [7, 11) is 0. The Morgan fingerprint density at radius 2 is 2.41 bits per heavy atom. The minimum atomic E-state index is -0.891. The number of ether oxygens (including phenoxy) is 1. The van der Waals surface area contributed by atoms with Gasteiger partial charge in [-0.2, -0.15) is 0 Å². The molecule has 0 aromatic carbocycles. The maximum Gasteiger partial charge on any atom is 0.349 e. The largest absolute Gasteiger partial charge is 0.489 e. The van der Waals surface area contributed by atoms with E-state index in [2.05, 4.69) is 6.92 Å². The van der Waals surface area contributed by atoms with Gasteiger partial charge in [0.25, 0.3) is 0 Å². The molecule has 2 rings (SSSR count). The monoisotopic (exact) mass is 254 g/mol. The van der Waals surface area contributed by atoms with Crippen LogP contribution in [-0.2, 0) is 0 Å². The summed E-state index contributed by atoms with van der Waals surface area (Å²) in [6, 6.07) is 1.77. The zero-order chi connectivity index (χ0) is 12.3. The highest BCUT2D eigenvalue weighted by Gasteiger charge is 2.24. The van der Waals surface area contributed by atoms with Crippen LogP contribution in [0.3, 0.4) is 0 Å². The number of rotatable bonds is 4. The molecule has 0 radical (unpaired) electrons. The van der Waals surface area contributed by atoms with E-state index < -0.39 is 5.97 Å². The van der Waals surface area contributed by atoms with E-state index in [0.717, 1.165) is 18.8 Å². The first-order valence-corrected chi connectivity index (χ1v) is 7.06. The first-order valence-electron chi connectivity index (χ1n) is 6.18. The summed E-state index contributed by atoms with van der Waals surface area (Å²) in [6.07, 6.45) is 5.97. The van der Waals surface area contributed by atoms with Crippen LogP contribution >= 0.6 is 11.3 Å². The molecule has 0 bridgehead atoms. The summed E-state index contributed by atoms with van der Waals surface area (Å²) in [4.78, 5) is 11.3. The molecular weight excluding hydrogens is 236 g/mol. The standard InChI is InChI=1S/C13H18O3S/c1-2-9-4-3-5-10(8-9)16-11-6-7-17-12(11)13(14)15/h6-7,9-10H,2-5,8H2,1H3,(H,14,15). The third-order valence-electron chi connectivity index (χ3n) is 3.43. The van der Waals surface area contributed by atoms with Gasteiger partial charge >= 0.3 is 5.97 Å². The molecule has 1 aliphatic carbocycles. The van der Waals surface area contributed by atoms with Crippen molar-refractivity contribution in [3.8, 4) is 5.75 Å². The maximum atomic E-state index is 11.0. The smallest absolute Gasteiger partial charge is 0.349 e. The predicted octanol–water partition coefficient (Wildman–Crippen LogP) is 3.79. The van der Waals surface area contributed by atoms with Gasteiger partial charge in [-0.25, -0.2) is 4.79 Å². The number of carboxylic acid groups (broad SMARTS) is 1. The third-order valence-corrected chi connectivity index (χ3v) is 4.31. The van der Waals surface area contributed by atoms with Crippen molar-refractivity contribution in [1.82, 2.24) is 0 Å². The summed E-state index contributed by atoms with van der Waals surface area (Å²) < 4.78 is 5.85. The highest BCUT2D eigenvalue weighted by molar-refractivity contribution is 7.12. The summed E-state index contributed by atoms with van der Waals surface area (Å²) in [5.41, 5.74) is 0. The fourth-order valence-electron chi connectivity index (χ4n) is 2.45. The summed E-state index contributed by atoms with van der Waals surface area (Å²) in [6.45, 7) is 2.21. The average molecular weight is 254 g/mol. The molecule has 0 spiro atoms. The van der Waals surface area contributed by atoms with E-state index in [-0.39, 0.29) is 6.10 Å². The SMILES string of the molecule is CCC1CCCC(Oc2ccsc2C(=O)O)C1. The lowest BCUT2D eigenvalue weighted by Crippen LogP contribution is -2.25. The maximum absolute atomic E-state index is 11.0. The molecule has 17 heavy (non-hydrogen) atoms. The molecule has 3 nitrogen and oxygen atoms in total. The molecule has 1 aromatic heterocycles. The molecule has 1 N–H and O–H groups in total. The number of carboxylic acids is 1. The molecule has 1 fully saturated rings. The van der Waals surface area contributed by atoms with Gasteiger partial charge in [0.15, 0.2) is 4.88 Å².